The third kappa shape index (κ3) is 6.77. The van der Waals surface area contributed by atoms with Crippen molar-refractivity contribution in [2.24, 2.45) is 0 Å². The molecular formula is C28H37N3O5. The molecule has 8 heteroatoms. The molecule has 2 fully saturated rings. The van der Waals surface area contributed by atoms with Crippen LogP contribution in [0.15, 0.2) is 42.5 Å². The first-order valence-electron chi connectivity index (χ1n) is 12.6. The van der Waals surface area contributed by atoms with Crippen molar-refractivity contribution in [2.45, 2.75) is 45.3 Å². The Kier molecular flexibility index (Phi) is 8.48. The zero-order chi connectivity index (χ0) is 25.5. The topological polar surface area (TPSA) is 80.3 Å². The van der Waals surface area contributed by atoms with Crippen LogP contribution in [0.5, 0.6) is 11.5 Å². The van der Waals surface area contributed by atoms with Gasteiger partial charge in [-0.1, -0.05) is 29.8 Å². The number of ether oxygens (including phenoxy) is 3. The summed E-state index contributed by atoms with van der Waals surface area (Å²) >= 11 is 0. The molecule has 2 aliphatic heterocycles. The number of rotatable bonds is 11. The van der Waals surface area contributed by atoms with Crippen molar-refractivity contribution >= 4 is 11.9 Å². The van der Waals surface area contributed by atoms with Gasteiger partial charge in [-0.25, -0.2) is 4.79 Å². The molecule has 0 aromatic heterocycles. The molecule has 2 aliphatic rings. The highest BCUT2D eigenvalue weighted by Crippen LogP contribution is 2.29. The van der Waals surface area contributed by atoms with Gasteiger partial charge in [-0.3, -0.25) is 15.0 Å². The number of nitrogens with one attached hydrogen (secondary N) is 1. The number of methoxy groups -OCH3 is 1. The van der Waals surface area contributed by atoms with Crippen LogP contribution in [0.2, 0.25) is 0 Å². The van der Waals surface area contributed by atoms with E-state index in [1.54, 1.807) is 7.11 Å². The van der Waals surface area contributed by atoms with Gasteiger partial charge < -0.3 is 19.1 Å². The van der Waals surface area contributed by atoms with Crippen LogP contribution in [-0.4, -0.2) is 73.8 Å². The Bertz CT molecular complexity index is 1050. The van der Waals surface area contributed by atoms with E-state index < -0.39 is 0 Å². The molecule has 1 N–H and O–H groups in total. The highest BCUT2D eigenvalue weighted by atomic mass is 16.5. The quantitative estimate of drug-likeness (QED) is 0.378. The molecule has 2 aromatic carbocycles. The molecule has 0 unspecified atom stereocenters. The molecule has 4 rings (SSSR count). The first-order valence-corrected chi connectivity index (χ1v) is 12.6. The predicted molar refractivity (Wildman–Crippen MR) is 137 cm³/mol. The lowest BCUT2D eigenvalue weighted by atomic mass is 9.91. The average Bonchev–Trinajstić information content (AvgIpc) is 3.20. The monoisotopic (exact) mass is 495 g/mol. The van der Waals surface area contributed by atoms with Gasteiger partial charge in [0.15, 0.2) is 0 Å². The fourth-order valence-electron chi connectivity index (χ4n) is 4.75. The number of amides is 3. The maximum atomic E-state index is 11.6. The molecule has 0 radical (unpaired) electrons. The maximum absolute atomic E-state index is 11.6. The van der Waals surface area contributed by atoms with Gasteiger partial charge in [0, 0.05) is 33.3 Å². The summed E-state index contributed by atoms with van der Waals surface area (Å²) in [6, 6.07) is 14.1. The van der Waals surface area contributed by atoms with Crippen molar-refractivity contribution in [3.63, 3.8) is 0 Å². The number of piperidine rings is 1. The van der Waals surface area contributed by atoms with Crippen LogP contribution in [0.1, 0.15) is 36.0 Å². The van der Waals surface area contributed by atoms with E-state index in [1.165, 1.54) is 16.0 Å². The number of hydrogen-bond acceptors (Lipinski definition) is 6. The Labute approximate surface area is 213 Å². The van der Waals surface area contributed by atoms with Crippen molar-refractivity contribution in [3.05, 3.63) is 59.2 Å². The summed E-state index contributed by atoms with van der Waals surface area (Å²) in [5.74, 6) is 1.49. The summed E-state index contributed by atoms with van der Waals surface area (Å²) in [4.78, 5) is 26.7. The molecule has 2 saturated heterocycles. The van der Waals surface area contributed by atoms with E-state index in [0.717, 1.165) is 49.5 Å². The lowest BCUT2D eigenvalue weighted by molar-refractivity contribution is -0.118. The molecule has 2 aromatic rings. The molecular weight excluding hydrogens is 458 g/mol. The van der Waals surface area contributed by atoms with E-state index in [2.05, 4.69) is 48.3 Å². The van der Waals surface area contributed by atoms with Crippen LogP contribution in [0.25, 0.3) is 0 Å². The van der Waals surface area contributed by atoms with E-state index in [9.17, 15) is 9.59 Å². The number of benzene rings is 2. The van der Waals surface area contributed by atoms with E-state index >= 15 is 0 Å². The molecule has 0 spiro atoms. The minimum absolute atomic E-state index is 0.134. The van der Waals surface area contributed by atoms with E-state index in [0.29, 0.717) is 26.2 Å². The molecule has 194 valence electrons. The largest absolute Gasteiger partial charge is 0.494 e. The second-order valence-corrected chi connectivity index (χ2v) is 9.84. The third-order valence-corrected chi connectivity index (χ3v) is 7.06. The molecule has 0 saturated carbocycles. The molecule has 0 aliphatic carbocycles. The van der Waals surface area contributed by atoms with Gasteiger partial charge in [0.05, 0.1) is 6.61 Å². The smallest absolute Gasteiger partial charge is 0.324 e. The van der Waals surface area contributed by atoms with Gasteiger partial charge >= 0.3 is 6.03 Å². The summed E-state index contributed by atoms with van der Waals surface area (Å²) in [6.45, 7) is 8.66. The van der Waals surface area contributed by atoms with Crippen LogP contribution < -0.4 is 14.8 Å². The normalized spacial score (nSPS) is 17.8. The first-order chi connectivity index (χ1) is 17.4. The SMILES string of the molecule is COC1(COc2ccc(C)cc2C)CCN(Cc2ccc(OCCCN3CC(=O)NC3=O)cc2)CC1. The Balaban J connectivity index is 1.18. The van der Waals surface area contributed by atoms with Crippen LogP contribution in [0.4, 0.5) is 4.79 Å². The van der Waals surface area contributed by atoms with Crippen LogP contribution in [0, 0.1) is 13.8 Å². The summed E-state index contributed by atoms with van der Waals surface area (Å²) in [5.41, 5.74) is 3.38. The number of imide groups is 1. The van der Waals surface area contributed by atoms with Gasteiger partial charge in [-0.15, -0.1) is 0 Å². The van der Waals surface area contributed by atoms with Gasteiger partial charge in [-0.2, -0.15) is 0 Å². The maximum Gasteiger partial charge on any atom is 0.324 e. The van der Waals surface area contributed by atoms with Crippen molar-refractivity contribution in [2.75, 3.05) is 46.5 Å². The van der Waals surface area contributed by atoms with Crippen molar-refractivity contribution in [3.8, 4) is 11.5 Å². The van der Waals surface area contributed by atoms with Gasteiger partial charge in [0.2, 0.25) is 5.91 Å². The Morgan fingerprint density at radius 2 is 1.75 bits per heavy atom. The summed E-state index contributed by atoms with van der Waals surface area (Å²) in [6.07, 6.45) is 2.52. The van der Waals surface area contributed by atoms with E-state index in [4.69, 9.17) is 14.2 Å². The Hall–Kier alpha value is -3.10. The second-order valence-electron chi connectivity index (χ2n) is 9.84. The number of hydrogen-bond donors (Lipinski definition) is 1. The first kappa shape index (κ1) is 26.0. The van der Waals surface area contributed by atoms with E-state index in [1.807, 2.05) is 18.2 Å². The van der Waals surface area contributed by atoms with Crippen molar-refractivity contribution in [1.82, 2.24) is 15.1 Å². The Morgan fingerprint density at radius 3 is 2.39 bits per heavy atom. The number of likely N-dealkylation sites (tertiary alicyclic amines) is 1. The highest BCUT2D eigenvalue weighted by Gasteiger charge is 2.35. The third-order valence-electron chi connectivity index (χ3n) is 7.06. The van der Waals surface area contributed by atoms with Crippen LogP contribution in [-0.2, 0) is 16.1 Å². The van der Waals surface area contributed by atoms with Gasteiger partial charge in [0.1, 0.15) is 30.3 Å². The minimum Gasteiger partial charge on any atom is -0.494 e. The van der Waals surface area contributed by atoms with Crippen molar-refractivity contribution in [1.29, 1.82) is 0 Å². The second kappa shape index (κ2) is 11.8. The zero-order valence-corrected chi connectivity index (χ0v) is 21.5. The number of carbonyl (C=O) groups is 2. The predicted octanol–water partition coefficient (Wildman–Crippen LogP) is 3.68. The molecule has 36 heavy (non-hydrogen) atoms. The molecule has 3 amide bonds. The summed E-state index contributed by atoms with van der Waals surface area (Å²) < 4.78 is 17.9. The molecule has 0 atom stereocenters. The fourth-order valence-corrected chi connectivity index (χ4v) is 4.75. The summed E-state index contributed by atoms with van der Waals surface area (Å²) in [5, 5.41) is 2.28. The van der Waals surface area contributed by atoms with E-state index in [-0.39, 0.29) is 24.1 Å². The molecule has 0 bridgehead atoms. The fraction of sp³-hybridized carbons (Fsp3) is 0.500. The van der Waals surface area contributed by atoms with Gasteiger partial charge in [0.25, 0.3) is 0 Å². The standard InChI is InChI=1S/C28H37N3O5/c1-21-5-10-25(22(2)17-21)36-20-28(34-3)11-14-30(15-12-28)18-23-6-8-24(9-7-23)35-16-4-13-31-19-26(32)29-27(31)33/h5-10,17H,4,11-16,18-20H2,1-3H3,(H,29,32,33). The average molecular weight is 496 g/mol. The number of nitrogens with zero attached hydrogens (tertiary/aromatic N) is 2. The Morgan fingerprint density at radius 1 is 1.00 bits per heavy atom. The number of urea groups is 1. The van der Waals surface area contributed by atoms with Crippen LogP contribution >= 0.6 is 0 Å². The van der Waals surface area contributed by atoms with Crippen molar-refractivity contribution < 1.29 is 23.8 Å². The van der Waals surface area contributed by atoms with Gasteiger partial charge in [-0.05, 0) is 62.4 Å². The highest BCUT2D eigenvalue weighted by molar-refractivity contribution is 6.01. The summed E-state index contributed by atoms with van der Waals surface area (Å²) in [7, 11) is 1.79. The minimum atomic E-state index is -0.321. The lowest BCUT2D eigenvalue weighted by Crippen LogP contribution is -2.48. The molecule has 8 nitrogen and oxygen atoms in total. The van der Waals surface area contributed by atoms with Crippen LogP contribution in [0.3, 0.4) is 0 Å². The molecule has 2 heterocycles. The zero-order valence-electron chi connectivity index (χ0n) is 21.5. The number of carbonyl (C=O) groups excluding carboxylic acids is 2. The lowest BCUT2D eigenvalue weighted by Gasteiger charge is -2.40. The number of aryl methyl sites for hydroxylation is 2.